The summed E-state index contributed by atoms with van der Waals surface area (Å²) in [6, 6.07) is 7.23. The maximum absolute atomic E-state index is 12.3. The number of aromatic hydroxyl groups is 1. The molecule has 0 bridgehead atoms. The first-order valence-electron chi connectivity index (χ1n) is 8.01. The van der Waals surface area contributed by atoms with Crippen LogP contribution in [-0.2, 0) is 0 Å². The van der Waals surface area contributed by atoms with Gasteiger partial charge in [-0.1, -0.05) is 44.7 Å². The zero-order valence-corrected chi connectivity index (χ0v) is 13.3. The van der Waals surface area contributed by atoms with Crippen molar-refractivity contribution >= 4 is 16.8 Å². The van der Waals surface area contributed by atoms with Gasteiger partial charge in [-0.3, -0.25) is 9.78 Å². The summed E-state index contributed by atoms with van der Waals surface area (Å²) in [5, 5.41) is 14.0. The number of fused-ring (bicyclic) bond motifs is 1. The van der Waals surface area contributed by atoms with Crippen LogP contribution in [0.3, 0.4) is 0 Å². The van der Waals surface area contributed by atoms with Crippen LogP contribution >= 0.6 is 0 Å². The molecule has 0 radical (unpaired) electrons. The average molecular weight is 300 g/mol. The summed E-state index contributed by atoms with van der Waals surface area (Å²) in [5.41, 5.74) is 0.748. The second kappa shape index (κ2) is 7.78. The number of unbranched alkanes of at least 4 members (excludes halogenated alkanes) is 3. The molecule has 2 aromatic rings. The van der Waals surface area contributed by atoms with Crippen molar-refractivity contribution in [2.24, 2.45) is 0 Å². The topological polar surface area (TPSA) is 62.2 Å². The molecule has 1 amide bonds. The van der Waals surface area contributed by atoms with Crippen molar-refractivity contribution in [2.75, 3.05) is 0 Å². The molecule has 2 rings (SSSR count). The Bertz CT molecular complexity index is 640. The number of carbonyl (C=O) groups is 1. The van der Waals surface area contributed by atoms with Crippen LogP contribution in [-0.4, -0.2) is 22.0 Å². The third-order valence-electron chi connectivity index (χ3n) is 3.86. The molecule has 4 heteroatoms. The van der Waals surface area contributed by atoms with E-state index in [0.29, 0.717) is 5.52 Å². The molecule has 22 heavy (non-hydrogen) atoms. The number of amides is 1. The normalized spacial score (nSPS) is 12.3. The van der Waals surface area contributed by atoms with E-state index in [1.807, 2.05) is 19.1 Å². The lowest BCUT2D eigenvalue weighted by Gasteiger charge is -2.14. The Kier molecular flexibility index (Phi) is 5.75. The number of phenolic OH excluding ortho intramolecular Hbond substituents is 1. The molecule has 0 aliphatic carbocycles. The Balaban J connectivity index is 2.02. The third-order valence-corrected chi connectivity index (χ3v) is 3.86. The molecule has 2 N–H and O–H groups in total. The molecule has 0 spiro atoms. The van der Waals surface area contributed by atoms with E-state index in [1.54, 1.807) is 18.3 Å². The maximum Gasteiger partial charge on any atom is 0.255 e. The molecular weight excluding hydrogens is 276 g/mol. The minimum atomic E-state index is -0.243. The zero-order chi connectivity index (χ0) is 15.9. The number of hydrogen-bond donors (Lipinski definition) is 2. The number of nitrogens with one attached hydrogen (secondary N) is 1. The molecule has 0 saturated carbocycles. The van der Waals surface area contributed by atoms with Gasteiger partial charge in [-0.25, -0.2) is 0 Å². The van der Waals surface area contributed by atoms with Crippen LogP contribution < -0.4 is 5.32 Å². The second-order valence-electron chi connectivity index (χ2n) is 5.76. The largest absolute Gasteiger partial charge is 0.505 e. The molecule has 0 saturated heterocycles. The van der Waals surface area contributed by atoms with E-state index in [1.165, 1.54) is 19.3 Å². The van der Waals surface area contributed by atoms with Gasteiger partial charge in [0.25, 0.3) is 5.91 Å². The lowest BCUT2D eigenvalue weighted by atomic mass is 10.1. The summed E-state index contributed by atoms with van der Waals surface area (Å²) in [7, 11) is 0. The fourth-order valence-electron chi connectivity index (χ4n) is 2.56. The standard InChI is InChI=1S/C18H24N2O2/c1-3-4-5-6-8-13(2)20-18(22)15-11-10-14-9-7-12-19-16(14)17(15)21/h7,9-13,21H,3-6,8H2,1-2H3,(H,20,22). The fourth-order valence-corrected chi connectivity index (χ4v) is 2.56. The molecular formula is C18H24N2O2. The number of hydrogen-bond acceptors (Lipinski definition) is 3. The van der Waals surface area contributed by atoms with Crippen LogP contribution in [0.15, 0.2) is 30.5 Å². The molecule has 1 heterocycles. The SMILES string of the molecule is CCCCCCC(C)NC(=O)c1ccc2cccnc2c1O. The molecule has 118 valence electrons. The highest BCUT2D eigenvalue weighted by molar-refractivity contribution is 6.02. The summed E-state index contributed by atoms with van der Waals surface area (Å²) in [6.07, 6.45) is 7.32. The van der Waals surface area contributed by atoms with Crippen LogP contribution in [0.5, 0.6) is 5.75 Å². The number of carbonyl (C=O) groups excluding carboxylic acids is 1. The predicted octanol–water partition coefficient (Wildman–Crippen LogP) is 4.03. The minimum absolute atomic E-state index is 0.0474. The van der Waals surface area contributed by atoms with Gasteiger partial charge in [0, 0.05) is 17.6 Å². The Morgan fingerprint density at radius 1 is 1.27 bits per heavy atom. The van der Waals surface area contributed by atoms with E-state index in [2.05, 4.69) is 17.2 Å². The Labute approximate surface area is 131 Å². The Morgan fingerprint density at radius 3 is 2.86 bits per heavy atom. The van der Waals surface area contributed by atoms with Crippen LogP contribution in [0.2, 0.25) is 0 Å². The molecule has 0 aliphatic heterocycles. The maximum atomic E-state index is 12.3. The van der Waals surface area contributed by atoms with Crippen LogP contribution in [0.1, 0.15) is 56.3 Å². The van der Waals surface area contributed by atoms with Gasteiger partial charge in [0.15, 0.2) is 5.75 Å². The smallest absolute Gasteiger partial charge is 0.255 e. The van der Waals surface area contributed by atoms with Gasteiger partial charge in [-0.2, -0.15) is 0 Å². The lowest BCUT2D eigenvalue weighted by molar-refractivity contribution is 0.0935. The molecule has 4 nitrogen and oxygen atoms in total. The lowest BCUT2D eigenvalue weighted by Crippen LogP contribution is -2.32. The fraction of sp³-hybridized carbons (Fsp3) is 0.444. The predicted molar refractivity (Wildman–Crippen MR) is 89.1 cm³/mol. The van der Waals surface area contributed by atoms with Crippen LogP contribution in [0, 0.1) is 0 Å². The number of phenols is 1. The number of aromatic nitrogens is 1. The van der Waals surface area contributed by atoms with E-state index >= 15 is 0 Å². The van der Waals surface area contributed by atoms with Gasteiger partial charge >= 0.3 is 0 Å². The zero-order valence-electron chi connectivity index (χ0n) is 13.3. The van der Waals surface area contributed by atoms with E-state index in [-0.39, 0.29) is 23.3 Å². The number of nitrogens with zero attached hydrogens (tertiary/aromatic N) is 1. The summed E-state index contributed by atoms with van der Waals surface area (Å²) in [4.78, 5) is 16.5. The summed E-state index contributed by atoms with van der Waals surface area (Å²) >= 11 is 0. The summed E-state index contributed by atoms with van der Waals surface area (Å²) in [5.74, 6) is -0.290. The molecule has 1 aromatic carbocycles. The highest BCUT2D eigenvalue weighted by Gasteiger charge is 2.16. The summed E-state index contributed by atoms with van der Waals surface area (Å²) in [6.45, 7) is 4.18. The first-order chi connectivity index (χ1) is 10.6. The Hall–Kier alpha value is -2.10. The van der Waals surface area contributed by atoms with E-state index in [9.17, 15) is 9.90 Å². The molecule has 1 atom stereocenters. The van der Waals surface area contributed by atoms with Crippen molar-refractivity contribution in [3.05, 3.63) is 36.0 Å². The average Bonchev–Trinajstić information content (AvgIpc) is 2.52. The highest BCUT2D eigenvalue weighted by Crippen LogP contribution is 2.26. The van der Waals surface area contributed by atoms with Crippen molar-refractivity contribution < 1.29 is 9.90 Å². The van der Waals surface area contributed by atoms with Gasteiger partial charge in [0.05, 0.1) is 5.56 Å². The van der Waals surface area contributed by atoms with Gasteiger partial charge in [-0.05, 0) is 25.5 Å². The first kappa shape index (κ1) is 16.3. The third kappa shape index (κ3) is 3.97. The number of pyridine rings is 1. The van der Waals surface area contributed by atoms with Crippen molar-refractivity contribution in [3.63, 3.8) is 0 Å². The van der Waals surface area contributed by atoms with Gasteiger partial charge in [0.1, 0.15) is 5.52 Å². The quantitative estimate of drug-likeness (QED) is 0.759. The van der Waals surface area contributed by atoms with Crippen molar-refractivity contribution in [3.8, 4) is 5.75 Å². The van der Waals surface area contributed by atoms with E-state index in [4.69, 9.17) is 0 Å². The van der Waals surface area contributed by atoms with E-state index in [0.717, 1.165) is 18.2 Å². The highest BCUT2D eigenvalue weighted by atomic mass is 16.3. The second-order valence-corrected chi connectivity index (χ2v) is 5.76. The first-order valence-corrected chi connectivity index (χ1v) is 8.01. The molecule has 1 unspecified atom stereocenters. The van der Waals surface area contributed by atoms with E-state index < -0.39 is 0 Å². The van der Waals surface area contributed by atoms with Crippen molar-refractivity contribution in [2.45, 2.75) is 52.0 Å². The van der Waals surface area contributed by atoms with Crippen LogP contribution in [0.25, 0.3) is 10.9 Å². The van der Waals surface area contributed by atoms with Gasteiger partial charge in [0.2, 0.25) is 0 Å². The molecule has 0 aliphatic rings. The molecule has 1 aromatic heterocycles. The number of rotatable bonds is 7. The monoisotopic (exact) mass is 300 g/mol. The Morgan fingerprint density at radius 2 is 2.09 bits per heavy atom. The number of benzene rings is 1. The summed E-state index contributed by atoms with van der Waals surface area (Å²) < 4.78 is 0. The minimum Gasteiger partial charge on any atom is -0.505 e. The van der Waals surface area contributed by atoms with Gasteiger partial charge < -0.3 is 10.4 Å². The van der Waals surface area contributed by atoms with Crippen LogP contribution in [0.4, 0.5) is 0 Å². The van der Waals surface area contributed by atoms with Crippen molar-refractivity contribution in [1.29, 1.82) is 0 Å². The van der Waals surface area contributed by atoms with Gasteiger partial charge in [-0.15, -0.1) is 0 Å². The molecule has 0 fully saturated rings. The van der Waals surface area contributed by atoms with Crippen molar-refractivity contribution in [1.82, 2.24) is 10.3 Å².